The summed E-state index contributed by atoms with van der Waals surface area (Å²) < 4.78 is 0. The Bertz CT molecular complexity index is 1080. The van der Waals surface area contributed by atoms with Crippen molar-refractivity contribution in [3.05, 3.63) is 65.7 Å². The van der Waals surface area contributed by atoms with Crippen LogP contribution in [0, 0.1) is 0 Å². The predicted molar refractivity (Wildman–Crippen MR) is 133 cm³/mol. The molecule has 2 aromatic rings. The number of hydrogen-bond acceptors (Lipinski definition) is 6. The molecule has 4 amide bonds. The molecule has 0 bridgehead atoms. The molecule has 10 nitrogen and oxygen atoms in total. The molecule has 1 fully saturated rings. The molecule has 36 heavy (non-hydrogen) atoms. The maximum atomic E-state index is 13.3. The highest BCUT2D eigenvalue weighted by Crippen LogP contribution is 2.20. The third kappa shape index (κ3) is 7.05. The Labute approximate surface area is 210 Å². The van der Waals surface area contributed by atoms with Crippen molar-refractivity contribution in [1.82, 2.24) is 15.5 Å². The summed E-state index contributed by atoms with van der Waals surface area (Å²) >= 11 is 0. The van der Waals surface area contributed by atoms with E-state index in [-0.39, 0.29) is 24.5 Å². The van der Waals surface area contributed by atoms with E-state index in [0.717, 1.165) is 11.1 Å². The van der Waals surface area contributed by atoms with E-state index >= 15 is 0 Å². The fourth-order valence-electron chi connectivity index (χ4n) is 4.20. The summed E-state index contributed by atoms with van der Waals surface area (Å²) in [7, 11) is 0. The number of carbonyl (C=O) groups is 4. The van der Waals surface area contributed by atoms with Crippen molar-refractivity contribution in [3.8, 4) is 5.75 Å². The number of nitrogens with one attached hydrogen (secondary N) is 2. The van der Waals surface area contributed by atoms with Crippen LogP contribution in [0.15, 0.2) is 54.6 Å². The van der Waals surface area contributed by atoms with Gasteiger partial charge in [-0.15, -0.1) is 0 Å². The van der Waals surface area contributed by atoms with Crippen molar-refractivity contribution in [2.75, 3.05) is 6.54 Å². The number of phenolic OH excluding ortho intramolecular Hbond substituents is 1. The standard InChI is InChI=1S/C26H33N5O5/c1-16(23(28)33)29-24(34)21(15-17-6-3-2-4-7-17)30-25(35)22-8-5-13-31(22)26(36)20(27)14-18-9-11-19(32)12-10-18/h2-4,6-7,9-12,16,20-22,32H,5,8,13-15,27H2,1H3,(H2,28,33)(H,29,34)(H,30,35)/t16-,20-,21+,22-/m0/s1. The Kier molecular flexibility index (Phi) is 9.02. The Balaban J connectivity index is 1.70. The van der Waals surface area contributed by atoms with Crippen molar-refractivity contribution < 1.29 is 24.3 Å². The highest BCUT2D eigenvalue weighted by Gasteiger charge is 2.37. The van der Waals surface area contributed by atoms with Crippen LogP contribution in [-0.4, -0.2) is 64.3 Å². The van der Waals surface area contributed by atoms with E-state index in [2.05, 4.69) is 10.6 Å². The van der Waals surface area contributed by atoms with Crippen LogP contribution in [0.2, 0.25) is 0 Å². The number of phenols is 1. The zero-order chi connectivity index (χ0) is 26.2. The molecule has 0 unspecified atom stereocenters. The van der Waals surface area contributed by atoms with Gasteiger partial charge in [0, 0.05) is 13.0 Å². The monoisotopic (exact) mass is 495 g/mol. The number of rotatable bonds is 10. The summed E-state index contributed by atoms with van der Waals surface area (Å²) in [6.45, 7) is 1.85. The van der Waals surface area contributed by atoms with Crippen LogP contribution in [0.25, 0.3) is 0 Å². The Hall–Kier alpha value is -3.92. The zero-order valence-electron chi connectivity index (χ0n) is 20.2. The largest absolute Gasteiger partial charge is 0.508 e. The minimum Gasteiger partial charge on any atom is -0.508 e. The smallest absolute Gasteiger partial charge is 0.243 e. The molecule has 3 rings (SSSR count). The molecule has 7 N–H and O–H groups in total. The fourth-order valence-corrected chi connectivity index (χ4v) is 4.20. The van der Waals surface area contributed by atoms with Crippen LogP contribution in [0.3, 0.4) is 0 Å². The maximum Gasteiger partial charge on any atom is 0.243 e. The van der Waals surface area contributed by atoms with E-state index in [1.807, 2.05) is 30.3 Å². The highest BCUT2D eigenvalue weighted by molar-refractivity contribution is 5.95. The van der Waals surface area contributed by atoms with Gasteiger partial charge in [0.1, 0.15) is 23.9 Å². The van der Waals surface area contributed by atoms with Gasteiger partial charge in [0.25, 0.3) is 0 Å². The molecule has 1 aliphatic heterocycles. The number of nitrogens with zero attached hydrogens (tertiary/aromatic N) is 1. The number of aromatic hydroxyl groups is 1. The summed E-state index contributed by atoms with van der Waals surface area (Å²) in [6, 6.07) is 12.1. The van der Waals surface area contributed by atoms with E-state index in [9.17, 15) is 24.3 Å². The van der Waals surface area contributed by atoms with Crippen LogP contribution in [0.1, 0.15) is 30.9 Å². The number of amides is 4. The molecule has 0 saturated carbocycles. The topological polar surface area (TPSA) is 168 Å². The van der Waals surface area contributed by atoms with Gasteiger partial charge >= 0.3 is 0 Å². The first-order valence-corrected chi connectivity index (χ1v) is 11.9. The van der Waals surface area contributed by atoms with Crippen LogP contribution < -0.4 is 22.1 Å². The first kappa shape index (κ1) is 26.7. The fraction of sp³-hybridized carbons (Fsp3) is 0.385. The highest BCUT2D eigenvalue weighted by atomic mass is 16.3. The lowest BCUT2D eigenvalue weighted by molar-refractivity contribution is -0.140. The van der Waals surface area contributed by atoms with E-state index in [1.54, 1.807) is 12.1 Å². The lowest BCUT2D eigenvalue weighted by Crippen LogP contribution is -2.57. The molecular weight excluding hydrogens is 462 g/mol. The van der Waals surface area contributed by atoms with Crippen LogP contribution in [0.4, 0.5) is 0 Å². The average molecular weight is 496 g/mol. The van der Waals surface area contributed by atoms with E-state index in [1.165, 1.54) is 24.0 Å². The zero-order valence-corrected chi connectivity index (χ0v) is 20.2. The van der Waals surface area contributed by atoms with Gasteiger partial charge in [-0.2, -0.15) is 0 Å². The third-order valence-corrected chi connectivity index (χ3v) is 6.25. The minimum atomic E-state index is -0.968. The normalized spacial score (nSPS) is 17.6. The van der Waals surface area contributed by atoms with Crippen molar-refractivity contribution in [1.29, 1.82) is 0 Å². The number of benzene rings is 2. The lowest BCUT2D eigenvalue weighted by atomic mass is 10.0. The molecule has 1 aliphatic rings. The van der Waals surface area contributed by atoms with E-state index in [4.69, 9.17) is 11.5 Å². The molecule has 2 aromatic carbocycles. The van der Waals surface area contributed by atoms with E-state index in [0.29, 0.717) is 19.4 Å². The van der Waals surface area contributed by atoms with Crippen LogP contribution in [-0.2, 0) is 32.0 Å². The van der Waals surface area contributed by atoms with Crippen LogP contribution in [0.5, 0.6) is 5.75 Å². The SMILES string of the molecule is C[C@H](NC(=O)[C@@H](Cc1ccccc1)NC(=O)[C@@H]1CCCN1C(=O)[C@@H](N)Cc1ccc(O)cc1)C(N)=O. The molecule has 0 spiro atoms. The van der Waals surface area contributed by atoms with Gasteiger partial charge in [0.15, 0.2) is 0 Å². The quantitative estimate of drug-likeness (QED) is 0.310. The number of carbonyl (C=O) groups excluding carboxylic acids is 4. The van der Waals surface area contributed by atoms with Gasteiger partial charge in [0.2, 0.25) is 23.6 Å². The number of likely N-dealkylation sites (tertiary alicyclic amines) is 1. The lowest BCUT2D eigenvalue weighted by Gasteiger charge is -2.28. The first-order chi connectivity index (χ1) is 17.2. The van der Waals surface area contributed by atoms with Crippen molar-refractivity contribution in [2.45, 2.75) is 56.8 Å². The Morgan fingerprint density at radius 3 is 2.28 bits per heavy atom. The molecule has 192 valence electrons. The molecule has 0 radical (unpaired) electrons. The Morgan fingerprint density at radius 2 is 1.64 bits per heavy atom. The maximum absolute atomic E-state index is 13.3. The van der Waals surface area contributed by atoms with Gasteiger partial charge in [-0.3, -0.25) is 19.2 Å². The summed E-state index contributed by atoms with van der Waals surface area (Å²) in [6.07, 6.45) is 1.53. The van der Waals surface area contributed by atoms with Gasteiger partial charge in [-0.1, -0.05) is 42.5 Å². The van der Waals surface area contributed by atoms with Gasteiger partial charge in [0.05, 0.1) is 6.04 Å². The second-order valence-electron chi connectivity index (χ2n) is 9.05. The summed E-state index contributed by atoms with van der Waals surface area (Å²) in [5.41, 5.74) is 13.1. The average Bonchev–Trinajstić information content (AvgIpc) is 3.35. The van der Waals surface area contributed by atoms with Crippen molar-refractivity contribution >= 4 is 23.6 Å². The second-order valence-corrected chi connectivity index (χ2v) is 9.05. The molecule has 0 aliphatic carbocycles. The van der Waals surface area contributed by atoms with Gasteiger partial charge < -0.3 is 32.1 Å². The van der Waals surface area contributed by atoms with Crippen LogP contribution >= 0.6 is 0 Å². The van der Waals surface area contributed by atoms with E-state index < -0.39 is 41.9 Å². The molecule has 1 saturated heterocycles. The molecule has 1 heterocycles. The summed E-state index contributed by atoms with van der Waals surface area (Å²) in [5.74, 6) is -1.93. The first-order valence-electron chi connectivity index (χ1n) is 11.9. The minimum absolute atomic E-state index is 0.120. The van der Waals surface area contributed by atoms with Gasteiger partial charge in [-0.05, 0) is 49.4 Å². The predicted octanol–water partition coefficient (Wildman–Crippen LogP) is -0.0295. The molecule has 4 atom stereocenters. The molecule has 0 aromatic heterocycles. The number of primary amides is 1. The third-order valence-electron chi connectivity index (χ3n) is 6.25. The van der Waals surface area contributed by atoms with Crippen molar-refractivity contribution in [2.24, 2.45) is 11.5 Å². The molecular formula is C26H33N5O5. The summed E-state index contributed by atoms with van der Waals surface area (Å²) in [4.78, 5) is 52.2. The van der Waals surface area contributed by atoms with Gasteiger partial charge in [-0.25, -0.2) is 0 Å². The second kappa shape index (κ2) is 12.2. The Morgan fingerprint density at radius 1 is 1.00 bits per heavy atom. The number of nitrogens with two attached hydrogens (primary N) is 2. The summed E-state index contributed by atoms with van der Waals surface area (Å²) in [5, 5.41) is 14.7. The molecule has 10 heteroatoms. The number of hydrogen-bond donors (Lipinski definition) is 5. The van der Waals surface area contributed by atoms with Crippen molar-refractivity contribution in [3.63, 3.8) is 0 Å².